The molecule has 2 aliphatic carbocycles. The maximum absolute atomic E-state index is 11.2. The molecule has 2 saturated carbocycles. The summed E-state index contributed by atoms with van der Waals surface area (Å²) in [7, 11) is 0. The first-order valence-corrected chi connectivity index (χ1v) is 11.9. The number of anilines is 4. The number of fused-ring (bicyclic) bond motifs is 1. The number of ether oxygens (including phenoxy) is 1. The standard InChI is InChI=1S/C23H31N7O2/c31-22-20(15-5-6-15)32-18-14-26-23(28-21(18)30(22)16-3-1-2-4-16)27-19-8-7-17(13-25-19)29-11-9-24-10-12-29/h7-8,13-16,20,22,24,31H,1-6,9-12H2,(H,25,26,27,28). The minimum Gasteiger partial charge on any atom is -0.480 e. The van der Waals surface area contributed by atoms with Crippen LogP contribution in [-0.2, 0) is 0 Å². The fraction of sp³-hybridized carbons (Fsp3) is 0.609. The van der Waals surface area contributed by atoms with Crippen LogP contribution in [0.15, 0.2) is 24.5 Å². The number of aromatic nitrogens is 3. The molecule has 6 rings (SSSR count). The second-order valence-electron chi connectivity index (χ2n) is 9.32. The molecule has 0 amide bonds. The molecule has 4 heterocycles. The Morgan fingerprint density at radius 3 is 2.56 bits per heavy atom. The van der Waals surface area contributed by atoms with Gasteiger partial charge in [0.25, 0.3) is 0 Å². The highest BCUT2D eigenvalue weighted by Crippen LogP contribution is 2.45. The molecule has 9 nitrogen and oxygen atoms in total. The van der Waals surface area contributed by atoms with Gasteiger partial charge in [0, 0.05) is 38.1 Å². The molecule has 2 aliphatic heterocycles. The molecule has 2 aromatic rings. The minimum atomic E-state index is -0.655. The number of hydrogen-bond acceptors (Lipinski definition) is 9. The molecule has 1 saturated heterocycles. The van der Waals surface area contributed by atoms with Gasteiger partial charge in [-0.2, -0.15) is 4.98 Å². The molecule has 3 fully saturated rings. The third-order valence-corrected chi connectivity index (χ3v) is 7.10. The van der Waals surface area contributed by atoms with Crippen molar-refractivity contribution in [1.82, 2.24) is 20.3 Å². The molecule has 4 aliphatic rings. The normalized spacial score (nSPS) is 26.0. The summed E-state index contributed by atoms with van der Waals surface area (Å²) in [6.45, 7) is 3.97. The fourth-order valence-electron chi connectivity index (χ4n) is 5.20. The molecule has 170 valence electrons. The summed E-state index contributed by atoms with van der Waals surface area (Å²) in [6, 6.07) is 4.34. The van der Waals surface area contributed by atoms with Crippen LogP contribution < -0.4 is 25.2 Å². The van der Waals surface area contributed by atoms with Gasteiger partial charge in [0.2, 0.25) is 5.95 Å². The van der Waals surface area contributed by atoms with E-state index in [4.69, 9.17) is 9.72 Å². The van der Waals surface area contributed by atoms with Crippen molar-refractivity contribution in [2.45, 2.75) is 56.9 Å². The van der Waals surface area contributed by atoms with Crippen LogP contribution in [0.4, 0.5) is 23.3 Å². The van der Waals surface area contributed by atoms with Crippen molar-refractivity contribution in [3.8, 4) is 5.75 Å². The van der Waals surface area contributed by atoms with Crippen LogP contribution in [0, 0.1) is 5.92 Å². The van der Waals surface area contributed by atoms with E-state index in [2.05, 4.69) is 36.5 Å². The molecule has 2 aromatic heterocycles. The largest absolute Gasteiger partial charge is 0.480 e. The number of hydrogen-bond donors (Lipinski definition) is 3. The third kappa shape index (κ3) is 3.84. The van der Waals surface area contributed by atoms with Gasteiger partial charge in [-0.15, -0.1) is 0 Å². The number of rotatable bonds is 5. The van der Waals surface area contributed by atoms with Crippen LogP contribution in [-0.4, -0.2) is 64.6 Å². The number of nitrogens with one attached hydrogen (secondary N) is 2. The summed E-state index contributed by atoms with van der Waals surface area (Å²) in [4.78, 5) is 18.3. The first kappa shape index (κ1) is 20.0. The van der Waals surface area contributed by atoms with E-state index in [1.807, 2.05) is 12.3 Å². The molecule has 0 radical (unpaired) electrons. The Morgan fingerprint density at radius 2 is 1.84 bits per heavy atom. The van der Waals surface area contributed by atoms with Crippen LogP contribution in [0.2, 0.25) is 0 Å². The molecule has 9 heteroatoms. The molecule has 2 atom stereocenters. The average Bonchev–Trinajstić information content (AvgIpc) is 3.54. The second-order valence-corrected chi connectivity index (χ2v) is 9.32. The van der Waals surface area contributed by atoms with Gasteiger partial charge in [-0.3, -0.25) is 0 Å². The number of nitrogens with zero attached hydrogens (tertiary/aromatic N) is 5. The highest BCUT2D eigenvalue weighted by Gasteiger charge is 2.47. The van der Waals surface area contributed by atoms with Gasteiger partial charge in [-0.25, -0.2) is 9.97 Å². The lowest BCUT2D eigenvalue weighted by Gasteiger charge is -2.43. The SMILES string of the molecule is OC1C(C2CC2)Oc2cnc(Nc3ccc(N4CCNCC4)cn3)nc2N1C1CCCC1. The van der Waals surface area contributed by atoms with E-state index in [1.165, 1.54) is 12.8 Å². The maximum Gasteiger partial charge on any atom is 0.230 e. The Hall–Kier alpha value is -2.65. The zero-order valence-corrected chi connectivity index (χ0v) is 18.3. The van der Waals surface area contributed by atoms with Crippen LogP contribution >= 0.6 is 0 Å². The summed E-state index contributed by atoms with van der Waals surface area (Å²) in [5.41, 5.74) is 1.12. The van der Waals surface area contributed by atoms with Crippen molar-refractivity contribution in [1.29, 1.82) is 0 Å². The highest BCUT2D eigenvalue weighted by atomic mass is 16.5. The van der Waals surface area contributed by atoms with E-state index in [0.717, 1.165) is 57.5 Å². The van der Waals surface area contributed by atoms with E-state index >= 15 is 0 Å². The zero-order chi connectivity index (χ0) is 21.5. The van der Waals surface area contributed by atoms with Gasteiger partial charge in [0.05, 0.1) is 18.1 Å². The highest BCUT2D eigenvalue weighted by molar-refractivity contribution is 5.60. The predicted octanol–water partition coefficient (Wildman–Crippen LogP) is 2.26. The third-order valence-electron chi connectivity index (χ3n) is 7.10. The van der Waals surface area contributed by atoms with E-state index in [0.29, 0.717) is 35.3 Å². The summed E-state index contributed by atoms with van der Waals surface area (Å²) in [5, 5.41) is 17.8. The Bertz CT molecular complexity index is 940. The molecule has 2 unspecified atom stereocenters. The molecule has 0 spiro atoms. The molecular formula is C23H31N7O2. The smallest absolute Gasteiger partial charge is 0.230 e. The molecular weight excluding hydrogens is 406 g/mol. The van der Waals surface area contributed by atoms with Gasteiger partial charge in [0.1, 0.15) is 11.9 Å². The summed E-state index contributed by atoms with van der Waals surface area (Å²) in [5.74, 6) is 2.96. The van der Waals surface area contributed by atoms with Crippen molar-refractivity contribution in [2.24, 2.45) is 5.92 Å². The number of piperazine rings is 1. The summed E-state index contributed by atoms with van der Waals surface area (Å²) >= 11 is 0. The van der Waals surface area contributed by atoms with Gasteiger partial charge in [0.15, 0.2) is 17.8 Å². The fourth-order valence-corrected chi connectivity index (χ4v) is 5.20. The first-order chi connectivity index (χ1) is 15.8. The van der Waals surface area contributed by atoms with Gasteiger partial charge < -0.3 is 30.3 Å². The molecule has 32 heavy (non-hydrogen) atoms. The number of aliphatic hydroxyl groups excluding tert-OH is 1. The molecule has 3 N–H and O–H groups in total. The monoisotopic (exact) mass is 437 g/mol. The van der Waals surface area contributed by atoms with Gasteiger partial charge >= 0.3 is 0 Å². The predicted molar refractivity (Wildman–Crippen MR) is 123 cm³/mol. The topological polar surface area (TPSA) is 98.7 Å². The van der Waals surface area contributed by atoms with Crippen molar-refractivity contribution in [3.63, 3.8) is 0 Å². The van der Waals surface area contributed by atoms with Crippen molar-refractivity contribution in [3.05, 3.63) is 24.5 Å². The van der Waals surface area contributed by atoms with Gasteiger partial charge in [-0.1, -0.05) is 12.8 Å². The Kier molecular flexibility index (Phi) is 5.23. The van der Waals surface area contributed by atoms with Crippen molar-refractivity contribution < 1.29 is 9.84 Å². The Labute approximate surface area is 188 Å². The first-order valence-electron chi connectivity index (χ1n) is 11.9. The number of aliphatic hydroxyl groups is 1. The Balaban J connectivity index is 1.23. The minimum absolute atomic E-state index is 0.190. The van der Waals surface area contributed by atoms with E-state index < -0.39 is 6.23 Å². The summed E-state index contributed by atoms with van der Waals surface area (Å²) < 4.78 is 6.18. The van der Waals surface area contributed by atoms with E-state index in [1.54, 1.807) is 6.20 Å². The number of pyridine rings is 1. The van der Waals surface area contributed by atoms with Crippen LogP contribution in [0.5, 0.6) is 5.75 Å². The van der Waals surface area contributed by atoms with Crippen LogP contribution in [0.1, 0.15) is 38.5 Å². The molecule has 0 bridgehead atoms. The van der Waals surface area contributed by atoms with E-state index in [9.17, 15) is 5.11 Å². The lowest BCUT2D eigenvalue weighted by Crippen LogP contribution is -2.54. The second kappa shape index (κ2) is 8.37. The lowest BCUT2D eigenvalue weighted by molar-refractivity contribution is 0.00284. The van der Waals surface area contributed by atoms with E-state index in [-0.39, 0.29) is 6.10 Å². The quantitative estimate of drug-likeness (QED) is 0.650. The van der Waals surface area contributed by atoms with Gasteiger partial charge in [-0.05, 0) is 37.8 Å². The van der Waals surface area contributed by atoms with Crippen LogP contribution in [0.25, 0.3) is 0 Å². The lowest BCUT2D eigenvalue weighted by atomic mass is 10.1. The van der Waals surface area contributed by atoms with Crippen molar-refractivity contribution >= 4 is 23.3 Å². The van der Waals surface area contributed by atoms with Crippen molar-refractivity contribution in [2.75, 3.05) is 41.3 Å². The maximum atomic E-state index is 11.2. The Morgan fingerprint density at radius 1 is 1.03 bits per heavy atom. The van der Waals surface area contributed by atoms with Crippen LogP contribution in [0.3, 0.4) is 0 Å². The summed E-state index contributed by atoms with van der Waals surface area (Å²) in [6.07, 6.45) is 9.56. The molecule has 0 aromatic carbocycles. The zero-order valence-electron chi connectivity index (χ0n) is 18.3. The average molecular weight is 438 g/mol.